The van der Waals surface area contributed by atoms with Gasteiger partial charge in [-0.15, -0.1) is 0 Å². The highest BCUT2D eigenvalue weighted by Crippen LogP contribution is 2.38. The number of hydrogen-bond acceptors (Lipinski definition) is 5. The van der Waals surface area contributed by atoms with Crippen LogP contribution >= 0.6 is 0 Å². The molecule has 1 saturated heterocycles. The zero-order valence-electron chi connectivity index (χ0n) is 10.3. The van der Waals surface area contributed by atoms with Crippen molar-refractivity contribution in [3.63, 3.8) is 0 Å². The molecule has 1 atom stereocenters. The molecule has 5 nitrogen and oxygen atoms in total. The van der Waals surface area contributed by atoms with E-state index in [1.54, 1.807) is 30.3 Å². The second-order valence-electron chi connectivity index (χ2n) is 4.60. The van der Waals surface area contributed by atoms with E-state index in [9.17, 15) is 0 Å². The minimum absolute atomic E-state index is 0.495. The van der Waals surface area contributed by atoms with Crippen molar-refractivity contribution < 1.29 is 9.47 Å². The molecule has 0 amide bonds. The molecule has 2 aromatic carbocycles. The monoisotopic (exact) mass is 257 g/mol. The van der Waals surface area contributed by atoms with Gasteiger partial charge in [0.2, 0.25) is 0 Å². The largest absolute Gasteiger partial charge is 0.457 e. The predicted octanol–water partition coefficient (Wildman–Crippen LogP) is 1.79. The zero-order valence-corrected chi connectivity index (χ0v) is 10.3. The van der Waals surface area contributed by atoms with E-state index in [4.69, 9.17) is 26.7 Å². The average Bonchev–Trinajstić information content (AvgIpc) is 3.11. The summed E-state index contributed by atoms with van der Waals surface area (Å²) < 4.78 is 10.9. The van der Waals surface area contributed by atoms with Gasteiger partial charge in [0.15, 0.2) is 5.72 Å². The third-order valence-electron chi connectivity index (χ3n) is 3.05. The van der Waals surface area contributed by atoms with Crippen LogP contribution in [0.3, 0.4) is 0 Å². The van der Waals surface area contributed by atoms with Crippen molar-refractivity contribution in [2.24, 2.45) is 5.73 Å². The zero-order chi connectivity index (χ0) is 13.5. The summed E-state index contributed by atoms with van der Waals surface area (Å²) in [6, 6.07) is 12.5. The van der Waals surface area contributed by atoms with Gasteiger partial charge in [-0.25, -0.2) is 0 Å². The van der Waals surface area contributed by atoms with E-state index in [-0.39, 0.29) is 0 Å². The van der Waals surface area contributed by atoms with Crippen molar-refractivity contribution in [3.8, 4) is 11.5 Å². The van der Waals surface area contributed by atoms with Gasteiger partial charge in [-0.2, -0.15) is 0 Å². The first-order chi connectivity index (χ1) is 9.07. The Morgan fingerprint density at radius 1 is 1.00 bits per heavy atom. The van der Waals surface area contributed by atoms with Crippen LogP contribution in [-0.4, -0.2) is 6.61 Å². The quantitative estimate of drug-likeness (QED) is 0.575. The molecule has 3 rings (SSSR count). The maximum Gasteiger partial charge on any atom is 0.168 e. The fraction of sp³-hybridized carbons (Fsp3) is 0.143. The van der Waals surface area contributed by atoms with Crippen molar-refractivity contribution >= 4 is 11.4 Å². The molecule has 1 fully saturated rings. The van der Waals surface area contributed by atoms with Crippen molar-refractivity contribution in [2.75, 3.05) is 18.1 Å². The third-order valence-corrected chi connectivity index (χ3v) is 3.05. The molecule has 1 aliphatic rings. The number of anilines is 2. The molecule has 19 heavy (non-hydrogen) atoms. The van der Waals surface area contributed by atoms with Crippen molar-refractivity contribution in [2.45, 2.75) is 5.72 Å². The van der Waals surface area contributed by atoms with Crippen LogP contribution in [0, 0.1) is 0 Å². The van der Waals surface area contributed by atoms with Gasteiger partial charge in [0.05, 0.1) is 6.61 Å². The minimum Gasteiger partial charge on any atom is -0.457 e. The molecule has 1 aliphatic heterocycles. The molecule has 2 aromatic rings. The Labute approximate surface area is 110 Å². The van der Waals surface area contributed by atoms with Gasteiger partial charge < -0.3 is 20.9 Å². The molecule has 0 spiro atoms. The molecule has 0 radical (unpaired) electrons. The second-order valence-corrected chi connectivity index (χ2v) is 4.60. The summed E-state index contributed by atoms with van der Waals surface area (Å²) in [6.07, 6.45) is 0. The van der Waals surface area contributed by atoms with E-state index in [0.29, 0.717) is 29.5 Å². The van der Waals surface area contributed by atoms with Gasteiger partial charge >= 0.3 is 0 Å². The number of rotatable bonds is 3. The third kappa shape index (κ3) is 2.33. The summed E-state index contributed by atoms with van der Waals surface area (Å²) in [4.78, 5) is 0. The molecular formula is C14H15N3O2. The van der Waals surface area contributed by atoms with Crippen LogP contribution < -0.4 is 21.9 Å². The van der Waals surface area contributed by atoms with Gasteiger partial charge in [0.1, 0.15) is 11.5 Å². The van der Waals surface area contributed by atoms with E-state index in [0.717, 1.165) is 5.56 Å². The first-order valence-electron chi connectivity index (χ1n) is 5.93. The lowest BCUT2D eigenvalue weighted by Crippen LogP contribution is -2.22. The predicted molar refractivity (Wildman–Crippen MR) is 73.6 cm³/mol. The Morgan fingerprint density at radius 3 is 2.21 bits per heavy atom. The van der Waals surface area contributed by atoms with Crippen LogP contribution in [0.25, 0.3) is 0 Å². The topological polar surface area (TPSA) is 99.8 Å². The molecule has 0 bridgehead atoms. The fourth-order valence-electron chi connectivity index (χ4n) is 1.89. The number of benzene rings is 2. The first-order valence-corrected chi connectivity index (χ1v) is 5.93. The molecule has 98 valence electrons. The number of hydrogen-bond donors (Lipinski definition) is 3. The molecule has 0 saturated carbocycles. The first kappa shape index (κ1) is 11.8. The van der Waals surface area contributed by atoms with Crippen LogP contribution in [0.4, 0.5) is 11.4 Å². The maximum atomic E-state index is 5.97. The van der Waals surface area contributed by atoms with Gasteiger partial charge in [0, 0.05) is 23.0 Å². The van der Waals surface area contributed by atoms with Crippen LogP contribution in [-0.2, 0) is 10.5 Å². The summed E-state index contributed by atoms with van der Waals surface area (Å²) in [5.74, 6) is 1.35. The Morgan fingerprint density at radius 2 is 1.63 bits per heavy atom. The Bertz CT molecular complexity index is 607. The average molecular weight is 257 g/mol. The highest BCUT2D eigenvalue weighted by molar-refractivity contribution is 5.55. The summed E-state index contributed by atoms with van der Waals surface area (Å²) in [7, 11) is 0. The van der Waals surface area contributed by atoms with E-state index in [1.165, 1.54) is 0 Å². The lowest BCUT2D eigenvalue weighted by molar-refractivity contribution is 0.317. The summed E-state index contributed by atoms with van der Waals surface area (Å²) in [5.41, 5.74) is 18.8. The van der Waals surface area contributed by atoms with Crippen molar-refractivity contribution in [3.05, 3.63) is 48.0 Å². The highest BCUT2D eigenvalue weighted by Gasteiger charge is 2.43. The SMILES string of the molecule is Nc1ccc(Oc2ccc(C3(N)CO3)c(N)c2)cc1. The smallest absolute Gasteiger partial charge is 0.168 e. The Kier molecular flexibility index (Phi) is 2.58. The van der Waals surface area contributed by atoms with Crippen LogP contribution in [0.2, 0.25) is 0 Å². The number of nitrogen functional groups attached to an aromatic ring is 2. The Balaban J connectivity index is 1.82. The van der Waals surface area contributed by atoms with E-state index in [2.05, 4.69) is 0 Å². The van der Waals surface area contributed by atoms with Crippen LogP contribution in [0.15, 0.2) is 42.5 Å². The van der Waals surface area contributed by atoms with E-state index >= 15 is 0 Å². The molecular weight excluding hydrogens is 242 g/mol. The lowest BCUT2D eigenvalue weighted by atomic mass is 10.1. The van der Waals surface area contributed by atoms with Gasteiger partial charge in [0.25, 0.3) is 0 Å². The van der Waals surface area contributed by atoms with Crippen molar-refractivity contribution in [1.29, 1.82) is 0 Å². The van der Waals surface area contributed by atoms with E-state index < -0.39 is 5.72 Å². The van der Waals surface area contributed by atoms with Crippen LogP contribution in [0.1, 0.15) is 5.56 Å². The number of epoxide rings is 1. The van der Waals surface area contributed by atoms with Crippen molar-refractivity contribution in [1.82, 2.24) is 0 Å². The Hall–Kier alpha value is -2.24. The molecule has 0 aliphatic carbocycles. The summed E-state index contributed by atoms with van der Waals surface area (Å²) >= 11 is 0. The lowest BCUT2D eigenvalue weighted by Gasteiger charge is -2.12. The van der Waals surface area contributed by atoms with Gasteiger partial charge in [-0.1, -0.05) is 0 Å². The minimum atomic E-state index is -0.718. The summed E-state index contributed by atoms with van der Waals surface area (Å²) in [5, 5.41) is 0. The molecule has 6 N–H and O–H groups in total. The normalized spacial score (nSPS) is 21.1. The van der Waals surface area contributed by atoms with Gasteiger partial charge in [-0.05, 0) is 36.4 Å². The standard InChI is InChI=1S/C14H15N3O2/c15-9-1-3-10(4-2-9)19-11-5-6-12(13(16)7-11)14(17)8-18-14/h1-7H,8,15-17H2. The van der Waals surface area contributed by atoms with E-state index in [1.807, 2.05) is 12.1 Å². The van der Waals surface area contributed by atoms with Gasteiger partial charge in [-0.3, -0.25) is 5.73 Å². The summed E-state index contributed by atoms with van der Waals surface area (Å²) in [6.45, 7) is 0.495. The number of ether oxygens (including phenoxy) is 2. The maximum absolute atomic E-state index is 5.97. The van der Waals surface area contributed by atoms with Crippen LogP contribution in [0.5, 0.6) is 11.5 Å². The molecule has 0 aromatic heterocycles. The highest BCUT2D eigenvalue weighted by atomic mass is 16.6. The number of nitrogens with two attached hydrogens (primary N) is 3. The molecule has 1 unspecified atom stereocenters. The fourth-order valence-corrected chi connectivity index (χ4v) is 1.89. The second kappa shape index (κ2) is 4.15. The molecule has 1 heterocycles. The molecule has 5 heteroatoms.